The quantitative estimate of drug-likeness (QED) is 0.687. The molecule has 0 aromatic carbocycles. The van der Waals surface area contributed by atoms with Gasteiger partial charge in [-0.1, -0.05) is 13.8 Å². The van der Waals surface area contributed by atoms with E-state index in [1.165, 1.54) is 0 Å². The summed E-state index contributed by atoms with van der Waals surface area (Å²) in [7, 11) is 0. The summed E-state index contributed by atoms with van der Waals surface area (Å²) >= 11 is 5.70. The molecule has 0 aliphatic carbocycles. The van der Waals surface area contributed by atoms with Crippen LogP contribution in [0.3, 0.4) is 0 Å². The van der Waals surface area contributed by atoms with E-state index in [1.807, 2.05) is 13.8 Å². The lowest BCUT2D eigenvalue weighted by atomic mass is 9.94. The van der Waals surface area contributed by atoms with Gasteiger partial charge in [-0.05, 0) is 26.7 Å². The molecule has 0 aromatic heterocycles. The second kappa shape index (κ2) is 5.48. The smallest absolute Gasteiger partial charge is 0.227 e. The lowest BCUT2D eigenvalue weighted by Gasteiger charge is -2.24. The highest BCUT2D eigenvalue weighted by molar-refractivity contribution is 6.19. The van der Waals surface area contributed by atoms with E-state index in [4.69, 9.17) is 11.6 Å². The fourth-order valence-corrected chi connectivity index (χ4v) is 1.06. The Morgan fingerprint density at radius 2 is 1.85 bits per heavy atom. The average Bonchev–Trinajstić information content (AvgIpc) is 2.13. The van der Waals surface area contributed by atoms with Crippen molar-refractivity contribution in [2.24, 2.45) is 5.41 Å². The summed E-state index contributed by atoms with van der Waals surface area (Å²) in [5.74, 6) is 0.412. The Balaban J connectivity index is 4.13. The molecule has 0 aliphatic rings. The van der Waals surface area contributed by atoms with Gasteiger partial charge in [0.15, 0.2) is 0 Å². The molecule has 0 spiro atoms. The van der Waals surface area contributed by atoms with Crippen molar-refractivity contribution in [3.05, 3.63) is 0 Å². The van der Waals surface area contributed by atoms with Crippen molar-refractivity contribution in [3.63, 3.8) is 0 Å². The number of carbonyl (C=O) groups is 1. The van der Waals surface area contributed by atoms with Gasteiger partial charge in [0.2, 0.25) is 5.91 Å². The lowest BCUT2D eigenvalue weighted by molar-refractivity contribution is -0.129. The molecule has 3 heteroatoms. The fraction of sp³-hybridized carbons (Fsp3) is 0.900. The summed E-state index contributed by atoms with van der Waals surface area (Å²) in [6, 6.07) is 0.287. The maximum Gasteiger partial charge on any atom is 0.227 e. The van der Waals surface area contributed by atoms with Gasteiger partial charge in [-0.3, -0.25) is 4.79 Å². The summed E-state index contributed by atoms with van der Waals surface area (Å²) in [5, 5.41) is 2.98. The van der Waals surface area contributed by atoms with Crippen molar-refractivity contribution in [1.29, 1.82) is 0 Å². The first-order valence-electron chi connectivity index (χ1n) is 4.84. The molecule has 2 nitrogen and oxygen atoms in total. The Morgan fingerprint density at radius 3 is 2.15 bits per heavy atom. The van der Waals surface area contributed by atoms with E-state index >= 15 is 0 Å². The minimum absolute atomic E-state index is 0.0520. The lowest BCUT2D eigenvalue weighted by Crippen LogP contribution is -2.43. The van der Waals surface area contributed by atoms with Gasteiger partial charge >= 0.3 is 0 Å². The zero-order valence-corrected chi connectivity index (χ0v) is 9.74. The summed E-state index contributed by atoms with van der Waals surface area (Å²) in [5.41, 5.74) is -0.454. The number of nitrogens with one attached hydrogen (secondary N) is 1. The molecule has 0 radical (unpaired) electrons. The minimum Gasteiger partial charge on any atom is -0.353 e. The average molecular weight is 206 g/mol. The predicted molar refractivity (Wildman–Crippen MR) is 57.0 cm³/mol. The Morgan fingerprint density at radius 1 is 1.38 bits per heavy atom. The van der Waals surface area contributed by atoms with Crippen LogP contribution in [0.15, 0.2) is 0 Å². The molecule has 0 aliphatic heterocycles. The molecular weight excluding hydrogens is 186 g/mol. The van der Waals surface area contributed by atoms with Crippen molar-refractivity contribution < 1.29 is 4.79 Å². The molecular formula is C10H20ClNO. The third-order valence-electron chi connectivity index (χ3n) is 2.27. The number of alkyl halides is 1. The van der Waals surface area contributed by atoms with Gasteiger partial charge in [0.05, 0.1) is 5.41 Å². The number of rotatable bonds is 5. The van der Waals surface area contributed by atoms with E-state index in [-0.39, 0.29) is 11.9 Å². The molecule has 0 unspecified atom stereocenters. The van der Waals surface area contributed by atoms with Gasteiger partial charge in [-0.15, -0.1) is 11.6 Å². The van der Waals surface area contributed by atoms with Crippen LogP contribution in [-0.2, 0) is 4.79 Å². The molecule has 0 aromatic rings. The predicted octanol–water partition coefficient (Wildman–Crippen LogP) is 2.56. The van der Waals surface area contributed by atoms with E-state index in [9.17, 15) is 4.79 Å². The SMILES string of the molecule is CCC(CC)NC(=O)C(C)(C)CCl. The normalized spacial score (nSPS) is 11.8. The van der Waals surface area contributed by atoms with Crippen molar-refractivity contribution in [2.45, 2.75) is 46.6 Å². The van der Waals surface area contributed by atoms with Crippen molar-refractivity contribution >= 4 is 17.5 Å². The second-order valence-electron chi connectivity index (χ2n) is 4.00. The molecule has 0 fully saturated rings. The number of carbonyl (C=O) groups excluding carboxylic acids is 1. The first kappa shape index (κ1) is 12.8. The Labute approximate surface area is 86.0 Å². The minimum atomic E-state index is -0.454. The van der Waals surface area contributed by atoms with Crippen LogP contribution in [0.4, 0.5) is 0 Å². The summed E-state index contributed by atoms with van der Waals surface area (Å²) in [4.78, 5) is 11.6. The van der Waals surface area contributed by atoms with E-state index in [1.54, 1.807) is 0 Å². The molecule has 0 saturated heterocycles. The maximum absolute atomic E-state index is 11.6. The van der Waals surface area contributed by atoms with E-state index < -0.39 is 5.41 Å². The highest BCUT2D eigenvalue weighted by atomic mass is 35.5. The summed E-state index contributed by atoms with van der Waals surface area (Å²) in [6.07, 6.45) is 1.95. The second-order valence-corrected chi connectivity index (χ2v) is 4.27. The molecule has 0 atom stereocenters. The van der Waals surface area contributed by atoms with E-state index in [2.05, 4.69) is 19.2 Å². The maximum atomic E-state index is 11.6. The Kier molecular flexibility index (Phi) is 5.38. The van der Waals surface area contributed by atoms with Crippen LogP contribution in [0.1, 0.15) is 40.5 Å². The van der Waals surface area contributed by atoms with Gasteiger partial charge in [0.1, 0.15) is 0 Å². The standard InChI is InChI=1S/C10H20ClNO/c1-5-8(6-2)12-9(13)10(3,4)7-11/h8H,5-7H2,1-4H3,(H,12,13). The van der Waals surface area contributed by atoms with E-state index in [0.717, 1.165) is 12.8 Å². The van der Waals surface area contributed by atoms with Crippen molar-refractivity contribution in [1.82, 2.24) is 5.32 Å². The molecule has 0 saturated carbocycles. The van der Waals surface area contributed by atoms with Crippen LogP contribution in [0.25, 0.3) is 0 Å². The molecule has 0 heterocycles. The van der Waals surface area contributed by atoms with Gasteiger partial charge < -0.3 is 5.32 Å². The first-order valence-corrected chi connectivity index (χ1v) is 5.38. The van der Waals surface area contributed by atoms with Gasteiger partial charge in [0.25, 0.3) is 0 Å². The van der Waals surface area contributed by atoms with Crippen LogP contribution in [0.2, 0.25) is 0 Å². The first-order chi connectivity index (χ1) is 5.97. The number of halogens is 1. The summed E-state index contributed by atoms with van der Waals surface area (Å²) in [6.45, 7) is 7.86. The summed E-state index contributed by atoms with van der Waals surface area (Å²) < 4.78 is 0. The largest absolute Gasteiger partial charge is 0.353 e. The highest BCUT2D eigenvalue weighted by Gasteiger charge is 2.27. The highest BCUT2D eigenvalue weighted by Crippen LogP contribution is 2.17. The van der Waals surface area contributed by atoms with Gasteiger partial charge in [0, 0.05) is 11.9 Å². The third kappa shape index (κ3) is 3.99. The zero-order chi connectivity index (χ0) is 10.5. The van der Waals surface area contributed by atoms with Crippen LogP contribution in [0.5, 0.6) is 0 Å². The monoisotopic (exact) mass is 205 g/mol. The van der Waals surface area contributed by atoms with Crippen LogP contribution in [0, 0.1) is 5.41 Å². The van der Waals surface area contributed by atoms with Crippen molar-refractivity contribution in [3.8, 4) is 0 Å². The molecule has 78 valence electrons. The van der Waals surface area contributed by atoms with Crippen molar-refractivity contribution in [2.75, 3.05) is 5.88 Å². The number of hydrogen-bond donors (Lipinski definition) is 1. The number of amides is 1. The zero-order valence-electron chi connectivity index (χ0n) is 8.98. The molecule has 0 rings (SSSR count). The Bertz CT molecular complexity index is 164. The number of hydrogen-bond acceptors (Lipinski definition) is 1. The molecule has 13 heavy (non-hydrogen) atoms. The van der Waals surface area contributed by atoms with Gasteiger partial charge in [-0.2, -0.15) is 0 Å². The molecule has 1 amide bonds. The topological polar surface area (TPSA) is 29.1 Å². The third-order valence-corrected chi connectivity index (χ3v) is 2.94. The van der Waals surface area contributed by atoms with E-state index in [0.29, 0.717) is 5.88 Å². The van der Waals surface area contributed by atoms with Crippen LogP contribution < -0.4 is 5.32 Å². The Hall–Kier alpha value is -0.240. The van der Waals surface area contributed by atoms with Gasteiger partial charge in [-0.25, -0.2) is 0 Å². The van der Waals surface area contributed by atoms with Crippen LogP contribution >= 0.6 is 11.6 Å². The molecule has 0 bridgehead atoms. The molecule has 1 N–H and O–H groups in total. The fourth-order valence-electron chi connectivity index (χ4n) is 0.934. The van der Waals surface area contributed by atoms with Crippen LogP contribution in [-0.4, -0.2) is 17.8 Å².